The first kappa shape index (κ1) is 18.2. The molecule has 8 heteroatoms. The number of amides is 1. The Kier molecular flexibility index (Phi) is 4.60. The average Bonchev–Trinajstić information content (AvgIpc) is 2.95. The minimum Gasteiger partial charge on any atom is -0.408 e. The number of nitrogens with zero attached hydrogens (tertiary/aromatic N) is 2. The number of aromatic amines is 1. The Balaban J connectivity index is 1.60. The number of H-pyrrole nitrogens is 1. The van der Waals surface area contributed by atoms with Crippen molar-refractivity contribution in [2.75, 3.05) is 5.32 Å². The maximum atomic E-state index is 12.4. The number of rotatable bonds is 5. The Morgan fingerprint density at radius 2 is 2.04 bits per heavy atom. The van der Waals surface area contributed by atoms with Crippen molar-refractivity contribution in [3.63, 3.8) is 0 Å². The fourth-order valence-corrected chi connectivity index (χ4v) is 3.43. The Morgan fingerprint density at radius 1 is 1.31 bits per heavy atom. The van der Waals surface area contributed by atoms with Crippen LogP contribution in [0.15, 0.2) is 15.3 Å². The van der Waals surface area contributed by atoms with Gasteiger partial charge in [-0.25, -0.2) is 0 Å². The zero-order valence-electron chi connectivity index (χ0n) is 15.8. The quantitative estimate of drug-likeness (QED) is 0.748. The molecule has 0 saturated heterocycles. The molecule has 0 radical (unpaired) electrons. The van der Waals surface area contributed by atoms with Gasteiger partial charge in [-0.15, -0.1) is 5.10 Å². The summed E-state index contributed by atoms with van der Waals surface area (Å²) in [4.78, 5) is 27.3. The van der Waals surface area contributed by atoms with Crippen molar-refractivity contribution in [3.05, 3.63) is 39.1 Å². The summed E-state index contributed by atoms with van der Waals surface area (Å²) in [5, 5.41) is 14.0. The van der Waals surface area contributed by atoms with E-state index in [9.17, 15) is 9.59 Å². The fraction of sp³-hybridized carbons (Fsp3) is 0.556. The van der Waals surface area contributed by atoms with Crippen LogP contribution in [0.5, 0.6) is 0 Å². The molecule has 1 aliphatic rings. The first-order chi connectivity index (χ1) is 12.2. The number of carbonyl (C=O) groups excluding carboxylic acids is 1. The molecule has 26 heavy (non-hydrogen) atoms. The molecule has 2 heterocycles. The molecule has 1 amide bonds. The summed E-state index contributed by atoms with van der Waals surface area (Å²) in [6, 6.07) is 2.41. The Morgan fingerprint density at radius 3 is 2.62 bits per heavy atom. The molecule has 8 nitrogen and oxygen atoms in total. The third kappa shape index (κ3) is 3.49. The van der Waals surface area contributed by atoms with Gasteiger partial charge in [0.15, 0.2) is 0 Å². The fourth-order valence-electron chi connectivity index (χ4n) is 3.43. The number of pyridine rings is 1. The molecule has 0 bridgehead atoms. The van der Waals surface area contributed by atoms with Crippen molar-refractivity contribution in [2.45, 2.75) is 59.5 Å². The number of hydrogen-bond donors (Lipinski definition) is 3. The molecule has 1 aliphatic carbocycles. The molecule has 2 atom stereocenters. The van der Waals surface area contributed by atoms with E-state index in [0.717, 1.165) is 17.7 Å². The number of anilines is 1. The number of nitrogens with one attached hydrogen (secondary N) is 3. The van der Waals surface area contributed by atoms with Gasteiger partial charge in [-0.3, -0.25) is 9.59 Å². The molecular weight excluding hydrogens is 334 g/mol. The molecule has 2 aromatic heterocycles. The van der Waals surface area contributed by atoms with E-state index < -0.39 is 0 Å². The van der Waals surface area contributed by atoms with Gasteiger partial charge in [-0.05, 0) is 31.9 Å². The van der Waals surface area contributed by atoms with Crippen LogP contribution in [0.4, 0.5) is 6.01 Å². The van der Waals surface area contributed by atoms with Gasteiger partial charge in [-0.1, -0.05) is 18.9 Å². The molecule has 3 N–H and O–H groups in total. The summed E-state index contributed by atoms with van der Waals surface area (Å²) < 4.78 is 5.36. The SMILES string of the molecule is Cc1cc(C)c(CC(=O)NC2CC(Nc3nnc(C)o3)C2(C)C)c(=O)[nH]1. The number of carbonyl (C=O) groups is 1. The summed E-state index contributed by atoms with van der Waals surface area (Å²) in [5.74, 6) is 0.362. The summed E-state index contributed by atoms with van der Waals surface area (Å²) in [5.41, 5.74) is 1.77. The maximum Gasteiger partial charge on any atom is 0.315 e. The highest BCUT2D eigenvalue weighted by Crippen LogP contribution is 2.42. The van der Waals surface area contributed by atoms with Gasteiger partial charge in [0.1, 0.15) is 0 Å². The van der Waals surface area contributed by atoms with Gasteiger partial charge in [0.2, 0.25) is 11.8 Å². The Hall–Kier alpha value is -2.64. The molecule has 1 fully saturated rings. The summed E-state index contributed by atoms with van der Waals surface area (Å²) in [6.07, 6.45) is 0.832. The van der Waals surface area contributed by atoms with Crippen molar-refractivity contribution in [1.29, 1.82) is 0 Å². The van der Waals surface area contributed by atoms with Crippen LogP contribution < -0.4 is 16.2 Å². The molecule has 1 saturated carbocycles. The Bertz CT molecular complexity index is 883. The second-order valence-corrected chi connectivity index (χ2v) is 7.62. The monoisotopic (exact) mass is 359 g/mol. The predicted molar refractivity (Wildman–Crippen MR) is 97.0 cm³/mol. The highest BCUT2D eigenvalue weighted by molar-refractivity contribution is 5.79. The zero-order valence-corrected chi connectivity index (χ0v) is 15.8. The largest absolute Gasteiger partial charge is 0.408 e. The highest BCUT2D eigenvalue weighted by atomic mass is 16.4. The van der Waals surface area contributed by atoms with E-state index in [4.69, 9.17) is 4.42 Å². The summed E-state index contributed by atoms with van der Waals surface area (Å²) in [6.45, 7) is 9.57. The minimum absolute atomic E-state index is 0.0151. The van der Waals surface area contributed by atoms with Crippen LogP contribution in [0, 0.1) is 26.2 Å². The van der Waals surface area contributed by atoms with Crippen LogP contribution in [-0.2, 0) is 11.2 Å². The zero-order chi connectivity index (χ0) is 19.1. The van der Waals surface area contributed by atoms with Gasteiger partial charge < -0.3 is 20.0 Å². The maximum absolute atomic E-state index is 12.4. The smallest absolute Gasteiger partial charge is 0.315 e. The minimum atomic E-state index is -0.197. The molecule has 0 aromatic carbocycles. The summed E-state index contributed by atoms with van der Waals surface area (Å²) >= 11 is 0. The van der Waals surface area contributed by atoms with E-state index in [2.05, 4.69) is 39.7 Å². The third-order valence-corrected chi connectivity index (χ3v) is 5.26. The van der Waals surface area contributed by atoms with Gasteiger partial charge in [0.05, 0.1) is 6.42 Å². The second kappa shape index (κ2) is 6.59. The predicted octanol–water partition coefficient (Wildman–Crippen LogP) is 1.62. The van der Waals surface area contributed by atoms with Crippen LogP contribution in [-0.4, -0.2) is 33.2 Å². The number of aryl methyl sites for hydroxylation is 3. The van der Waals surface area contributed by atoms with E-state index in [1.807, 2.05) is 19.9 Å². The molecule has 0 aliphatic heterocycles. The molecule has 0 spiro atoms. The lowest BCUT2D eigenvalue weighted by Crippen LogP contribution is -2.64. The van der Waals surface area contributed by atoms with Crippen LogP contribution in [0.3, 0.4) is 0 Å². The molecule has 2 aromatic rings. The van der Waals surface area contributed by atoms with Crippen molar-refractivity contribution < 1.29 is 9.21 Å². The lowest BCUT2D eigenvalue weighted by Gasteiger charge is -2.52. The molecule has 2 unspecified atom stereocenters. The van der Waals surface area contributed by atoms with E-state index >= 15 is 0 Å². The third-order valence-electron chi connectivity index (χ3n) is 5.26. The highest BCUT2D eigenvalue weighted by Gasteiger charge is 2.49. The van der Waals surface area contributed by atoms with Gasteiger partial charge in [-0.2, -0.15) is 0 Å². The Labute approximate surface area is 151 Å². The van der Waals surface area contributed by atoms with E-state index in [1.54, 1.807) is 6.92 Å². The summed E-state index contributed by atoms with van der Waals surface area (Å²) in [7, 11) is 0. The van der Waals surface area contributed by atoms with Crippen molar-refractivity contribution in [1.82, 2.24) is 20.5 Å². The van der Waals surface area contributed by atoms with Crippen LogP contribution in [0.25, 0.3) is 0 Å². The van der Waals surface area contributed by atoms with Crippen molar-refractivity contribution in [3.8, 4) is 0 Å². The van der Waals surface area contributed by atoms with E-state index in [1.165, 1.54) is 0 Å². The lowest BCUT2D eigenvalue weighted by molar-refractivity contribution is -0.123. The van der Waals surface area contributed by atoms with Gasteiger partial charge in [0.25, 0.3) is 5.56 Å². The average molecular weight is 359 g/mol. The van der Waals surface area contributed by atoms with Gasteiger partial charge >= 0.3 is 6.01 Å². The number of hydrogen-bond acceptors (Lipinski definition) is 6. The van der Waals surface area contributed by atoms with E-state index in [0.29, 0.717) is 17.5 Å². The second-order valence-electron chi connectivity index (χ2n) is 7.62. The van der Waals surface area contributed by atoms with Crippen LogP contribution in [0.1, 0.15) is 43.0 Å². The van der Waals surface area contributed by atoms with Gasteiger partial charge in [0, 0.05) is 35.7 Å². The first-order valence-corrected chi connectivity index (χ1v) is 8.72. The number of aromatic nitrogens is 3. The van der Waals surface area contributed by atoms with E-state index in [-0.39, 0.29) is 35.4 Å². The lowest BCUT2D eigenvalue weighted by atomic mass is 9.63. The van der Waals surface area contributed by atoms with Crippen LogP contribution in [0.2, 0.25) is 0 Å². The van der Waals surface area contributed by atoms with Crippen LogP contribution >= 0.6 is 0 Å². The molecule has 3 rings (SSSR count). The normalized spacial score (nSPS) is 21.1. The standard InChI is InChI=1S/C18H25N5O3/c1-9-6-10(2)19-16(25)12(9)7-15(24)20-13-8-14(18(13,4)5)21-17-23-22-11(3)26-17/h6,13-14H,7-8H2,1-5H3,(H,19,25)(H,20,24)(H,21,23). The first-order valence-electron chi connectivity index (χ1n) is 8.72. The molecule has 140 valence electrons. The van der Waals surface area contributed by atoms with Crippen molar-refractivity contribution in [2.24, 2.45) is 5.41 Å². The van der Waals surface area contributed by atoms with Crippen molar-refractivity contribution >= 4 is 11.9 Å². The molecular formula is C18H25N5O3. The topological polar surface area (TPSA) is 113 Å².